The van der Waals surface area contributed by atoms with E-state index in [0.717, 1.165) is 19.3 Å². The molecule has 0 radical (unpaired) electrons. The summed E-state index contributed by atoms with van der Waals surface area (Å²) in [5, 5.41) is 22.1. The third kappa shape index (κ3) is 13.4. The van der Waals surface area contributed by atoms with Crippen LogP contribution in [0.4, 0.5) is 0 Å². The maximum absolute atomic E-state index is 11.1. The van der Waals surface area contributed by atoms with Gasteiger partial charge < -0.3 is 19.8 Å². The molecule has 4 nitrogen and oxygen atoms in total. The molecular weight excluding hydrogens is 374 g/mol. The Morgan fingerprint density at radius 2 is 1.18 bits per heavy atom. The van der Waals surface area contributed by atoms with E-state index in [-0.39, 0.29) is 70.2 Å². The van der Waals surface area contributed by atoms with Gasteiger partial charge in [0.1, 0.15) is 0 Å². The Kier molecular flexibility index (Phi) is 20.8. The van der Waals surface area contributed by atoms with Crippen LogP contribution in [0.15, 0.2) is 18.2 Å². The molecular formula is C22H32Na2O4. The molecule has 1 aromatic carbocycles. The van der Waals surface area contributed by atoms with Crippen LogP contribution in [0.5, 0.6) is 0 Å². The van der Waals surface area contributed by atoms with Crippen LogP contribution in [-0.4, -0.2) is 11.9 Å². The fourth-order valence-electron chi connectivity index (χ4n) is 3.28. The molecule has 0 heterocycles. The number of carbonyl (C=O) groups is 2. The summed E-state index contributed by atoms with van der Waals surface area (Å²) in [6.45, 7) is 2.24. The SMILES string of the molecule is CCCCCCCCCCCCCCc1cc(C(=O)[O-])ccc1C(=O)[O-].[Na+].[Na+]. The number of carboxylic acids is 2. The average molecular weight is 406 g/mol. The number of benzene rings is 1. The van der Waals surface area contributed by atoms with Crippen LogP contribution in [-0.2, 0) is 6.42 Å². The number of unbranched alkanes of at least 4 members (excludes halogenated alkanes) is 11. The van der Waals surface area contributed by atoms with Crippen molar-refractivity contribution in [2.45, 2.75) is 90.4 Å². The third-order valence-electron chi connectivity index (χ3n) is 4.86. The van der Waals surface area contributed by atoms with E-state index in [1.165, 1.54) is 76.0 Å². The first kappa shape index (κ1) is 30.4. The first-order valence-corrected chi connectivity index (χ1v) is 10.1. The molecule has 1 aromatic rings. The van der Waals surface area contributed by atoms with Gasteiger partial charge in [-0.3, -0.25) is 0 Å². The van der Waals surface area contributed by atoms with Gasteiger partial charge in [-0.05, 0) is 30.0 Å². The third-order valence-corrected chi connectivity index (χ3v) is 4.86. The standard InChI is InChI=1S/C22H34O4.2Na/c1-2-3-4-5-6-7-8-9-10-11-12-13-14-18-17-19(21(23)24)15-16-20(18)22(25)26;;/h15-17H,2-14H2,1H3,(H,23,24)(H,25,26);;/q;2*+1/p-2. The molecule has 6 heteroatoms. The van der Waals surface area contributed by atoms with Gasteiger partial charge in [0.05, 0.1) is 11.9 Å². The van der Waals surface area contributed by atoms with Gasteiger partial charge in [-0.1, -0.05) is 89.7 Å². The summed E-state index contributed by atoms with van der Waals surface area (Å²) in [4.78, 5) is 22.1. The first-order valence-electron chi connectivity index (χ1n) is 10.1. The van der Waals surface area contributed by atoms with Crippen molar-refractivity contribution in [2.75, 3.05) is 0 Å². The van der Waals surface area contributed by atoms with E-state index in [2.05, 4.69) is 6.92 Å². The van der Waals surface area contributed by atoms with Crippen LogP contribution in [0.3, 0.4) is 0 Å². The number of carboxylic acid groups (broad SMARTS) is 2. The Morgan fingerprint density at radius 3 is 1.61 bits per heavy atom. The summed E-state index contributed by atoms with van der Waals surface area (Å²) in [6.07, 6.45) is 15.4. The molecule has 0 bridgehead atoms. The summed E-state index contributed by atoms with van der Waals surface area (Å²) in [6, 6.07) is 3.96. The van der Waals surface area contributed by atoms with Crippen molar-refractivity contribution in [2.24, 2.45) is 0 Å². The van der Waals surface area contributed by atoms with Crippen LogP contribution < -0.4 is 69.3 Å². The van der Waals surface area contributed by atoms with E-state index < -0.39 is 11.9 Å². The monoisotopic (exact) mass is 406 g/mol. The molecule has 1 rings (SSSR count). The zero-order valence-corrected chi connectivity index (χ0v) is 22.1. The predicted molar refractivity (Wildman–Crippen MR) is 99.9 cm³/mol. The summed E-state index contributed by atoms with van der Waals surface area (Å²) < 4.78 is 0. The molecule has 0 aliphatic heterocycles. The second-order valence-electron chi connectivity index (χ2n) is 7.09. The minimum atomic E-state index is -1.29. The van der Waals surface area contributed by atoms with E-state index in [9.17, 15) is 19.8 Å². The molecule has 0 unspecified atom stereocenters. The fraction of sp³-hybridized carbons (Fsp3) is 0.636. The van der Waals surface area contributed by atoms with Crippen LogP contribution >= 0.6 is 0 Å². The van der Waals surface area contributed by atoms with Crippen molar-refractivity contribution in [1.82, 2.24) is 0 Å². The van der Waals surface area contributed by atoms with Crippen molar-refractivity contribution in [3.8, 4) is 0 Å². The van der Waals surface area contributed by atoms with Crippen molar-refractivity contribution >= 4 is 11.9 Å². The van der Waals surface area contributed by atoms with Gasteiger partial charge >= 0.3 is 59.1 Å². The summed E-state index contributed by atoms with van der Waals surface area (Å²) in [5.41, 5.74) is 0.626. The maximum Gasteiger partial charge on any atom is 1.00 e. The number of hydrogen-bond acceptors (Lipinski definition) is 4. The van der Waals surface area contributed by atoms with E-state index >= 15 is 0 Å². The maximum atomic E-state index is 11.1. The molecule has 0 amide bonds. The Hall–Kier alpha value is 0.160. The van der Waals surface area contributed by atoms with Gasteiger partial charge in [0.25, 0.3) is 0 Å². The van der Waals surface area contributed by atoms with E-state index in [1.54, 1.807) is 0 Å². The van der Waals surface area contributed by atoms with Crippen molar-refractivity contribution in [3.05, 3.63) is 34.9 Å². The number of carbonyl (C=O) groups excluding carboxylic acids is 2. The summed E-state index contributed by atoms with van der Waals surface area (Å²) >= 11 is 0. The van der Waals surface area contributed by atoms with E-state index in [1.807, 2.05) is 0 Å². The Labute approximate surface area is 214 Å². The van der Waals surface area contributed by atoms with Crippen LogP contribution in [0.1, 0.15) is 110 Å². The number of aromatic carboxylic acids is 2. The second kappa shape index (κ2) is 19.1. The van der Waals surface area contributed by atoms with E-state index in [0.29, 0.717) is 12.0 Å². The zero-order valence-electron chi connectivity index (χ0n) is 18.1. The van der Waals surface area contributed by atoms with Crippen molar-refractivity contribution < 1.29 is 78.9 Å². The van der Waals surface area contributed by atoms with Crippen LogP contribution in [0.25, 0.3) is 0 Å². The van der Waals surface area contributed by atoms with Gasteiger partial charge in [0, 0.05) is 5.56 Å². The minimum Gasteiger partial charge on any atom is -0.545 e. The van der Waals surface area contributed by atoms with Gasteiger partial charge in [-0.15, -0.1) is 0 Å². The Balaban J connectivity index is 0. The molecule has 0 saturated heterocycles. The van der Waals surface area contributed by atoms with Gasteiger partial charge in [-0.25, -0.2) is 0 Å². The molecule has 28 heavy (non-hydrogen) atoms. The minimum absolute atomic E-state index is 0. The summed E-state index contributed by atoms with van der Waals surface area (Å²) in [7, 11) is 0. The molecule has 0 atom stereocenters. The van der Waals surface area contributed by atoms with E-state index in [4.69, 9.17) is 0 Å². The first-order chi connectivity index (χ1) is 12.6. The fourth-order valence-corrected chi connectivity index (χ4v) is 3.28. The predicted octanol–water partition coefficient (Wildman–Crippen LogP) is -2.33. The molecule has 0 N–H and O–H groups in total. The molecule has 0 aliphatic rings. The van der Waals surface area contributed by atoms with Crippen LogP contribution in [0.2, 0.25) is 0 Å². The summed E-state index contributed by atoms with van der Waals surface area (Å²) in [5.74, 6) is -2.55. The molecule has 146 valence electrons. The normalized spacial score (nSPS) is 10.0. The molecule has 0 saturated carbocycles. The Bertz CT molecular complexity index is 561. The number of rotatable bonds is 15. The average Bonchev–Trinajstić information content (AvgIpc) is 2.62. The quantitative estimate of drug-likeness (QED) is 0.242. The molecule has 0 aliphatic carbocycles. The largest absolute Gasteiger partial charge is 1.00 e. The number of aryl methyl sites for hydroxylation is 1. The molecule has 0 spiro atoms. The van der Waals surface area contributed by atoms with Gasteiger partial charge in [-0.2, -0.15) is 0 Å². The Morgan fingerprint density at radius 1 is 0.714 bits per heavy atom. The van der Waals surface area contributed by atoms with Gasteiger partial charge in [0.2, 0.25) is 0 Å². The number of hydrogen-bond donors (Lipinski definition) is 0. The smallest absolute Gasteiger partial charge is 0.545 e. The van der Waals surface area contributed by atoms with Gasteiger partial charge in [0.15, 0.2) is 0 Å². The van der Waals surface area contributed by atoms with Crippen LogP contribution in [0, 0.1) is 0 Å². The zero-order chi connectivity index (χ0) is 19.2. The van der Waals surface area contributed by atoms with Crippen molar-refractivity contribution in [3.63, 3.8) is 0 Å². The molecule has 0 fully saturated rings. The topological polar surface area (TPSA) is 80.3 Å². The molecule has 0 aromatic heterocycles. The second-order valence-corrected chi connectivity index (χ2v) is 7.09. The van der Waals surface area contributed by atoms with Crippen molar-refractivity contribution in [1.29, 1.82) is 0 Å².